The third-order valence-corrected chi connectivity index (χ3v) is 17.8. The van der Waals surface area contributed by atoms with Crippen LogP contribution in [0.3, 0.4) is 0 Å². The Hall–Kier alpha value is -6.78. The van der Waals surface area contributed by atoms with E-state index in [0.717, 1.165) is 76.8 Å². The molecule has 68 heavy (non-hydrogen) atoms. The van der Waals surface area contributed by atoms with Gasteiger partial charge in [0.15, 0.2) is 14.3 Å². The predicted molar refractivity (Wildman–Crippen MR) is 304 cm³/mol. The summed E-state index contributed by atoms with van der Waals surface area (Å²) in [5, 5.41) is 11.6. The highest BCUT2D eigenvalue weighted by Crippen LogP contribution is 2.58. The van der Waals surface area contributed by atoms with E-state index in [4.69, 9.17) is 0 Å². The minimum absolute atomic E-state index is 0.606. The van der Waals surface area contributed by atoms with Crippen molar-refractivity contribution in [3.05, 3.63) is 248 Å². The number of allylic oxidation sites excluding steroid dienone is 10. The zero-order valence-corrected chi connectivity index (χ0v) is 42.5. The molecule has 0 saturated heterocycles. The fourth-order valence-corrected chi connectivity index (χ4v) is 14.0. The average molecular weight is 927 g/mol. The number of fused-ring (bicyclic) bond motifs is 4. The first-order chi connectivity index (χ1) is 33.1. The van der Waals surface area contributed by atoms with Gasteiger partial charge in [-0.2, -0.15) is 0 Å². The topological polar surface area (TPSA) is 34.1 Å². The molecule has 342 valence electrons. The lowest BCUT2D eigenvalue weighted by Crippen LogP contribution is -2.27. The van der Waals surface area contributed by atoms with Crippen molar-refractivity contribution in [2.75, 3.05) is 0 Å². The van der Waals surface area contributed by atoms with Gasteiger partial charge in [0.2, 0.25) is 0 Å². The predicted octanol–water partition coefficient (Wildman–Crippen LogP) is 17.8. The van der Waals surface area contributed by atoms with Crippen molar-refractivity contribution in [3.8, 4) is 11.1 Å². The van der Waals surface area contributed by atoms with Crippen LogP contribution in [0.5, 0.6) is 0 Å². The normalized spacial score (nSPS) is 13.5. The Labute approximate surface area is 405 Å². The van der Waals surface area contributed by atoms with E-state index in [1.54, 1.807) is 6.08 Å². The van der Waals surface area contributed by atoms with Crippen LogP contribution < -0.4 is 21.2 Å². The van der Waals surface area contributed by atoms with Gasteiger partial charge in [0.05, 0.1) is 5.31 Å². The van der Waals surface area contributed by atoms with Crippen molar-refractivity contribution in [1.29, 1.82) is 0 Å². The van der Waals surface area contributed by atoms with Crippen molar-refractivity contribution in [2.24, 2.45) is 0 Å². The van der Waals surface area contributed by atoms with Gasteiger partial charge >= 0.3 is 0 Å². The molecule has 0 saturated carbocycles. The Bertz CT molecular complexity index is 3320. The van der Waals surface area contributed by atoms with Crippen molar-refractivity contribution in [1.82, 2.24) is 0 Å². The van der Waals surface area contributed by atoms with Gasteiger partial charge in [-0.3, -0.25) is 0 Å². The molecule has 0 spiro atoms. The minimum Gasteiger partial charge on any atom is -0.309 e. The minimum atomic E-state index is -3.67. The molecule has 8 aromatic rings. The van der Waals surface area contributed by atoms with E-state index in [-0.39, 0.29) is 0 Å². The molecule has 0 fully saturated rings. The van der Waals surface area contributed by atoms with Gasteiger partial charge in [-0.25, -0.2) is 0 Å². The SMILES string of the molecule is C/C=C\C(=C\C)CC.C=C1C=CC(P(=O)(/C=C/C)c2ccc3ccccc3c2-c2c(P(=O)(c3ccc4ccccc4c3)c3ccc4ccccc4c3)ccc3ccccc23)=C=CC1.C=CC.CC. The largest absolute Gasteiger partial charge is 0.309 e. The monoisotopic (exact) mass is 926 g/mol. The Balaban J connectivity index is 0.000000522. The molecule has 1 atom stereocenters. The molecule has 0 heterocycles. The van der Waals surface area contributed by atoms with Crippen LogP contribution in [0.25, 0.3) is 54.2 Å². The molecular weight excluding hydrogens is 863 g/mol. The van der Waals surface area contributed by atoms with Crippen LogP contribution in [0.4, 0.5) is 0 Å². The highest BCUT2D eigenvalue weighted by atomic mass is 31.2. The fraction of sp³-hybridized carbons (Fsp3) is 0.141. The summed E-state index contributed by atoms with van der Waals surface area (Å²) in [6, 6.07) is 53.6. The van der Waals surface area contributed by atoms with E-state index < -0.39 is 14.3 Å². The molecule has 1 aliphatic rings. The Morgan fingerprint density at radius 2 is 1.04 bits per heavy atom. The van der Waals surface area contributed by atoms with Crippen LogP contribution in [-0.4, -0.2) is 0 Å². The highest BCUT2D eigenvalue weighted by molar-refractivity contribution is 7.85. The summed E-state index contributed by atoms with van der Waals surface area (Å²) < 4.78 is 33.1. The van der Waals surface area contributed by atoms with Gasteiger partial charge in [0.1, 0.15) is 0 Å². The quantitative estimate of drug-likeness (QED) is 0.0626. The maximum Gasteiger partial charge on any atom is 0.171 e. The van der Waals surface area contributed by atoms with Crippen LogP contribution in [0.15, 0.2) is 248 Å². The number of benzene rings is 8. The molecule has 8 aromatic carbocycles. The van der Waals surface area contributed by atoms with Gasteiger partial charge in [0, 0.05) is 32.3 Å². The first-order valence-corrected chi connectivity index (χ1v) is 27.2. The van der Waals surface area contributed by atoms with Gasteiger partial charge in [0.25, 0.3) is 0 Å². The molecule has 4 heteroatoms. The van der Waals surface area contributed by atoms with E-state index in [1.165, 1.54) is 5.57 Å². The Morgan fingerprint density at radius 3 is 1.51 bits per heavy atom. The van der Waals surface area contributed by atoms with Crippen molar-refractivity contribution >= 4 is 78.6 Å². The van der Waals surface area contributed by atoms with Crippen LogP contribution in [0.2, 0.25) is 0 Å². The second kappa shape index (κ2) is 23.8. The van der Waals surface area contributed by atoms with Crippen molar-refractivity contribution in [3.63, 3.8) is 0 Å². The van der Waals surface area contributed by atoms with E-state index in [9.17, 15) is 0 Å². The van der Waals surface area contributed by atoms with Gasteiger partial charge in [-0.1, -0.05) is 208 Å². The second-order valence-electron chi connectivity index (χ2n) is 16.2. The highest BCUT2D eigenvalue weighted by Gasteiger charge is 2.37. The maximum atomic E-state index is 17.0. The zero-order valence-electron chi connectivity index (χ0n) is 40.7. The first kappa shape index (κ1) is 50.6. The molecule has 9 rings (SSSR count). The second-order valence-corrected chi connectivity index (χ2v) is 21.5. The van der Waals surface area contributed by atoms with Gasteiger partial charge in [-0.15, -0.1) is 12.3 Å². The van der Waals surface area contributed by atoms with Crippen LogP contribution in [0.1, 0.15) is 61.3 Å². The smallest absolute Gasteiger partial charge is 0.171 e. The first-order valence-electron chi connectivity index (χ1n) is 23.7. The molecule has 0 aliphatic heterocycles. The summed E-state index contributed by atoms with van der Waals surface area (Å²) in [7, 11) is -7.16. The molecule has 0 aromatic heterocycles. The van der Waals surface area contributed by atoms with Crippen LogP contribution >= 0.6 is 14.3 Å². The summed E-state index contributed by atoms with van der Waals surface area (Å²) in [5.41, 5.74) is 7.39. The molecule has 1 unspecified atom stereocenters. The summed E-state index contributed by atoms with van der Waals surface area (Å²) >= 11 is 0. The summed E-state index contributed by atoms with van der Waals surface area (Å²) in [6.07, 6.45) is 17.5. The number of rotatable bonds is 9. The number of hydrogen-bond acceptors (Lipinski definition) is 2. The third kappa shape index (κ3) is 10.7. The molecule has 2 nitrogen and oxygen atoms in total. The Kier molecular flexibility index (Phi) is 17.7. The van der Waals surface area contributed by atoms with Gasteiger partial charge < -0.3 is 9.13 Å². The standard InChI is InChI=1S/C51H38O2P2.C8H14.C3H6.C2H6/c1-3-33-54(52,43-20-12-13-36(2)23-28-43)48-31-26-39-16-8-10-21-46(39)50(48)51-47-22-11-9-17-40(47)27-32-49(51)55(53,44-29-24-37-14-4-6-18-41(37)34-44)45-30-25-38-15-5-7-19-42(38)35-45;1-4-7-8(5-2)6-3;1-3-2;1-2/h3-12,14-19,21-35H,2,13H2,1H3;4-5,7H,6H2,1-3H3;3H,1H2,2H3;1-2H3/b33-3+;7-4-,8-5+;;. The lowest BCUT2D eigenvalue weighted by molar-refractivity contribution is 0.590. The lowest BCUT2D eigenvalue weighted by atomic mass is 9.93. The van der Waals surface area contributed by atoms with E-state index >= 15 is 9.13 Å². The molecule has 0 radical (unpaired) electrons. The van der Waals surface area contributed by atoms with E-state index in [0.29, 0.717) is 22.3 Å². The Morgan fingerprint density at radius 1 is 0.588 bits per heavy atom. The molecular formula is C64H64O2P2. The zero-order chi connectivity index (χ0) is 48.7. The lowest BCUT2D eigenvalue weighted by Gasteiger charge is -2.28. The third-order valence-electron chi connectivity index (χ3n) is 11.9. The molecule has 1 aliphatic carbocycles. The van der Waals surface area contributed by atoms with E-state index in [2.05, 4.69) is 142 Å². The summed E-state index contributed by atoms with van der Waals surface area (Å²) in [6.45, 7) is 21.6. The number of hydrogen-bond donors (Lipinski definition) is 0. The molecule has 0 bridgehead atoms. The van der Waals surface area contributed by atoms with Crippen LogP contribution in [-0.2, 0) is 9.13 Å². The van der Waals surface area contributed by atoms with Crippen molar-refractivity contribution in [2.45, 2.75) is 61.3 Å². The van der Waals surface area contributed by atoms with Crippen LogP contribution in [0, 0.1) is 0 Å². The fourth-order valence-electron chi connectivity index (χ4n) is 8.70. The van der Waals surface area contributed by atoms with Gasteiger partial charge in [-0.05, 0) is 126 Å². The maximum absolute atomic E-state index is 17.0. The molecule has 0 amide bonds. The summed E-state index contributed by atoms with van der Waals surface area (Å²) in [4.78, 5) is 0. The van der Waals surface area contributed by atoms with E-state index in [1.807, 2.05) is 131 Å². The summed E-state index contributed by atoms with van der Waals surface area (Å²) in [5.74, 6) is 1.84. The molecule has 0 N–H and O–H groups in total. The average Bonchev–Trinajstić information content (AvgIpc) is 3.62. The van der Waals surface area contributed by atoms with Crippen molar-refractivity contribution < 1.29 is 9.13 Å².